The number of piperazine rings is 1. The largest absolute Gasteiger partial charge is 0.573 e. The molecule has 1 aliphatic carbocycles. The minimum absolute atomic E-state index is 0.197. The molecular formula is C33H33F3N8O3S. The molecule has 2 aliphatic rings. The zero-order valence-electron chi connectivity index (χ0n) is 26.3. The molecule has 2 fully saturated rings. The fraction of sp³-hybridized carbons (Fsp3) is 0.364. The van der Waals surface area contributed by atoms with Gasteiger partial charge < -0.3 is 29.2 Å². The van der Waals surface area contributed by atoms with Crippen molar-refractivity contribution in [2.24, 2.45) is 0 Å². The van der Waals surface area contributed by atoms with Crippen LogP contribution in [-0.2, 0) is 4.74 Å². The van der Waals surface area contributed by atoms with Gasteiger partial charge in [-0.1, -0.05) is 18.3 Å². The molecule has 250 valence electrons. The van der Waals surface area contributed by atoms with Crippen LogP contribution in [0, 0.1) is 0 Å². The molecule has 1 saturated heterocycles. The number of rotatable bonds is 10. The van der Waals surface area contributed by atoms with Crippen molar-refractivity contribution in [2.45, 2.75) is 39.1 Å². The number of nitrogens with one attached hydrogen (secondary N) is 1. The van der Waals surface area contributed by atoms with Crippen LogP contribution >= 0.6 is 11.3 Å². The number of likely N-dealkylation sites (N-methyl/N-ethyl adjacent to an activating group) is 1. The van der Waals surface area contributed by atoms with E-state index in [9.17, 15) is 18.0 Å². The maximum Gasteiger partial charge on any atom is 0.573 e. The van der Waals surface area contributed by atoms with Gasteiger partial charge in [-0.15, -0.1) is 23.4 Å². The van der Waals surface area contributed by atoms with E-state index in [1.807, 2.05) is 6.07 Å². The van der Waals surface area contributed by atoms with E-state index in [0.29, 0.717) is 27.1 Å². The molecule has 11 nitrogen and oxygen atoms in total. The summed E-state index contributed by atoms with van der Waals surface area (Å²) in [5.41, 5.74) is 5.14. The quantitative estimate of drug-likeness (QED) is 0.157. The van der Waals surface area contributed by atoms with Crippen LogP contribution in [0.3, 0.4) is 0 Å². The lowest BCUT2D eigenvalue weighted by Gasteiger charge is -2.36. The van der Waals surface area contributed by atoms with Gasteiger partial charge in [0.15, 0.2) is 0 Å². The smallest absolute Gasteiger partial charge is 0.461 e. The molecule has 1 saturated carbocycles. The number of benzene rings is 2. The molecule has 48 heavy (non-hydrogen) atoms. The van der Waals surface area contributed by atoms with Gasteiger partial charge >= 0.3 is 12.3 Å². The van der Waals surface area contributed by atoms with E-state index in [0.717, 1.165) is 68.0 Å². The number of nitrogens with zero attached hydrogens (tertiary/aromatic N) is 7. The molecule has 0 radical (unpaired) electrons. The van der Waals surface area contributed by atoms with Crippen LogP contribution in [-0.4, -0.2) is 81.3 Å². The van der Waals surface area contributed by atoms with Crippen LogP contribution in [0.25, 0.3) is 33.0 Å². The number of hydrogen-bond acceptors (Lipinski definition) is 11. The molecule has 0 bridgehead atoms. The standard InChI is InChI=1S/C33H33F3N8O3S/c1-3-42-13-15-43(16-14-42)27-19-28-25(38-29(44(28)22-7-8-22)20-5-9-23(10-6-20)47-33(34,35)36)18-24(27)39-32-41-40-30(48-32)21-11-12-37-26(17-21)31(45)46-4-2/h5-6,9-12,17-19,22H,3-4,7-8,13-16H2,1-2H3,(H,39,41). The normalized spacial score (nSPS) is 15.6. The Balaban J connectivity index is 1.25. The van der Waals surface area contributed by atoms with Crippen LogP contribution in [0.1, 0.15) is 43.2 Å². The van der Waals surface area contributed by atoms with E-state index in [1.165, 1.54) is 23.5 Å². The van der Waals surface area contributed by atoms with Gasteiger partial charge in [0, 0.05) is 49.5 Å². The predicted molar refractivity (Wildman–Crippen MR) is 177 cm³/mol. The first kappa shape index (κ1) is 31.8. The van der Waals surface area contributed by atoms with Gasteiger partial charge in [-0.3, -0.25) is 0 Å². The number of pyridine rings is 1. The third-order valence-corrected chi connectivity index (χ3v) is 9.27. The maximum absolute atomic E-state index is 12.8. The van der Waals surface area contributed by atoms with Crippen molar-refractivity contribution < 1.29 is 27.4 Å². The molecule has 7 rings (SSSR count). The van der Waals surface area contributed by atoms with Gasteiger partial charge in [-0.2, -0.15) is 0 Å². The molecule has 3 aromatic heterocycles. The van der Waals surface area contributed by atoms with E-state index in [1.54, 1.807) is 37.4 Å². The van der Waals surface area contributed by atoms with Gasteiger partial charge in [-0.05, 0) is 74.8 Å². The predicted octanol–water partition coefficient (Wildman–Crippen LogP) is 6.91. The van der Waals surface area contributed by atoms with E-state index in [-0.39, 0.29) is 24.1 Å². The number of anilines is 3. The van der Waals surface area contributed by atoms with Crippen molar-refractivity contribution in [3.63, 3.8) is 0 Å². The molecule has 4 heterocycles. The Kier molecular flexibility index (Phi) is 8.64. The van der Waals surface area contributed by atoms with Crippen LogP contribution in [0.2, 0.25) is 0 Å². The fourth-order valence-corrected chi connectivity index (χ4v) is 6.65. The fourth-order valence-electron chi connectivity index (χ4n) is 5.89. The summed E-state index contributed by atoms with van der Waals surface area (Å²) < 4.78 is 49.8. The molecule has 0 atom stereocenters. The zero-order valence-corrected chi connectivity index (χ0v) is 27.1. The highest BCUT2D eigenvalue weighted by Gasteiger charge is 2.32. The average molecular weight is 679 g/mol. The van der Waals surface area contributed by atoms with E-state index >= 15 is 0 Å². The number of esters is 1. The second-order valence-electron chi connectivity index (χ2n) is 11.6. The van der Waals surface area contributed by atoms with Gasteiger partial charge in [0.2, 0.25) is 5.13 Å². The SMILES string of the molecule is CCOC(=O)c1cc(-c2nnc(Nc3cc4nc(-c5ccc(OC(F)(F)F)cc5)n(C5CC5)c4cc3N3CCN(CC)CC3)s2)ccn1. The number of alkyl halides is 3. The maximum atomic E-state index is 12.8. The van der Waals surface area contributed by atoms with Crippen molar-refractivity contribution in [2.75, 3.05) is 49.5 Å². The zero-order chi connectivity index (χ0) is 33.4. The van der Waals surface area contributed by atoms with Crippen LogP contribution in [0.15, 0.2) is 54.7 Å². The number of ether oxygens (including phenoxy) is 2. The van der Waals surface area contributed by atoms with Crippen LogP contribution in [0.5, 0.6) is 5.75 Å². The summed E-state index contributed by atoms with van der Waals surface area (Å²) in [6.45, 7) is 8.69. The van der Waals surface area contributed by atoms with Crippen molar-refractivity contribution in [3.05, 3.63) is 60.4 Å². The highest BCUT2D eigenvalue weighted by Crippen LogP contribution is 2.44. The molecule has 0 unspecified atom stereocenters. The summed E-state index contributed by atoms with van der Waals surface area (Å²) in [6.07, 6.45) is -1.22. The van der Waals surface area contributed by atoms with Gasteiger partial charge in [0.05, 0.1) is 29.0 Å². The number of carbonyl (C=O) groups excluding carboxylic acids is 1. The third-order valence-electron chi connectivity index (χ3n) is 8.38. The Labute approximate surface area is 278 Å². The summed E-state index contributed by atoms with van der Waals surface area (Å²) in [4.78, 5) is 26.1. The second kappa shape index (κ2) is 13.0. The number of fused-ring (bicyclic) bond motifs is 1. The molecule has 2 aromatic carbocycles. The lowest BCUT2D eigenvalue weighted by Crippen LogP contribution is -2.46. The van der Waals surface area contributed by atoms with Gasteiger partial charge in [0.1, 0.15) is 22.3 Å². The third kappa shape index (κ3) is 6.78. The first-order valence-electron chi connectivity index (χ1n) is 15.8. The lowest BCUT2D eigenvalue weighted by atomic mass is 10.2. The second-order valence-corrected chi connectivity index (χ2v) is 12.6. The molecule has 1 N–H and O–H groups in total. The molecule has 0 spiro atoms. The molecule has 5 aromatic rings. The first-order chi connectivity index (χ1) is 23.2. The highest BCUT2D eigenvalue weighted by molar-refractivity contribution is 7.18. The van der Waals surface area contributed by atoms with Crippen molar-refractivity contribution in [1.29, 1.82) is 0 Å². The Morgan fingerprint density at radius 2 is 1.77 bits per heavy atom. The number of aromatic nitrogens is 5. The van der Waals surface area contributed by atoms with E-state index < -0.39 is 12.3 Å². The van der Waals surface area contributed by atoms with Gasteiger partial charge in [-0.25, -0.2) is 14.8 Å². The van der Waals surface area contributed by atoms with E-state index in [2.05, 4.69) is 52.6 Å². The van der Waals surface area contributed by atoms with Crippen LogP contribution in [0.4, 0.5) is 29.7 Å². The summed E-state index contributed by atoms with van der Waals surface area (Å²) in [5.74, 6) is -0.0854. The Hall–Kier alpha value is -4.76. The first-order valence-corrected chi connectivity index (χ1v) is 16.6. The molecule has 0 amide bonds. The lowest BCUT2D eigenvalue weighted by molar-refractivity contribution is -0.274. The Morgan fingerprint density at radius 3 is 2.46 bits per heavy atom. The molecule has 15 heteroatoms. The van der Waals surface area contributed by atoms with E-state index in [4.69, 9.17) is 9.72 Å². The molecule has 1 aliphatic heterocycles. The number of carbonyl (C=O) groups is 1. The average Bonchev–Trinajstić information content (AvgIpc) is 3.69. The van der Waals surface area contributed by atoms with Crippen molar-refractivity contribution >= 4 is 44.8 Å². The van der Waals surface area contributed by atoms with Crippen LogP contribution < -0.4 is 15.0 Å². The number of halogens is 3. The Morgan fingerprint density at radius 1 is 1.00 bits per heavy atom. The number of imidazole rings is 1. The van der Waals surface area contributed by atoms with Gasteiger partial charge in [0.25, 0.3) is 0 Å². The summed E-state index contributed by atoms with van der Waals surface area (Å²) in [5, 5.41) is 13.5. The minimum Gasteiger partial charge on any atom is -0.461 e. The summed E-state index contributed by atoms with van der Waals surface area (Å²) in [7, 11) is 0. The number of hydrogen-bond donors (Lipinski definition) is 1. The Bertz CT molecular complexity index is 1930. The summed E-state index contributed by atoms with van der Waals surface area (Å²) in [6, 6.07) is 13.7. The van der Waals surface area contributed by atoms with Crippen molar-refractivity contribution in [1.82, 2.24) is 29.6 Å². The highest BCUT2D eigenvalue weighted by atomic mass is 32.1. The minimum atomic E-state index is -4.76. The molecular weight excluding hydrogens is 645 g/mol. The van der Waals surface area contributed by atoms with Crippen molar-refractivity contribution in [3.8, 4) is 27.7 Å². The monoisotopic (exact) mass is 678 g/mol. The topological polar surface area (TPSA) is 111 Å². The summed E-state index contributed by atoms with van der Waals surface area (Å²) >= 11 is 1.35.